The summed E-state index contributed by atoms with van der Waals surface area (Å²) in [6.45, 7) is 0.390. The summed E-state index contributed by atoms with van der Waals surface area (Å²) in [6.07, 6.45) is 0.946. The number of amidine groups is 1. The van der Waals surface area contributed by atoms with E-state index in [4.69, 9.17) is 10.9 Å². The van der Waals surface area contributed by atoms with Gasteiger partial charge in [0.05, 0.1) is 0 Å². The Morgan fingerprint density at radius 3 is 2.67 bits per heavy atom. The molecule has 0 radical (unpaired) electrons. The van der Waals surface area contributed by atoms with Crippen LogP contribution in [0.4, 0.5) is 4.39 Å². The Bertz CT molecular complexity index is 686. The average molecular weight is 289 g/mol. The Balaban J connectivity index is 2.08. The summed E-state index contributed by atoms with van der Waals surface area (Å²) in [5, 5.41) is 15.0. The molecule has 2 aromatic rings. The van der Waals surface area contributed by atoms with Gasteiger partial charge in [0, 0.05) is 23.9 Å². The number of carbonyl (C=O) groups is 1. The highest BCUT2D eigenvalue weighted by Crippen LogP contribution is 2.21. The Morgan fingerprint density at radius 1 is 1.24 bits per heavy atom. The number of nitrogens with zero attached hydrogens (tertiary/aromatic N) is 1. The molecule has 0 aliphatic carbocycles. The highest BCUT2D eigenvalue weighted by molar-refractivity contribution is 6.07. The Morgan fingerprint density at radius 2 is 1.95 bits per heavy atom. The molecule has 0 atom stereocenters. The summed E-state index contributed by atoms with van der Waals surface area (Å²) in [6, 6.07) is 9.59. The largest absolute Gasteiger partial charge is 0.409 e. The number of rotatable bonds is 5. The summed E-state index contributed by atoms with van der Waals surface area (Å²) >= 11 is 0. The third kappa shape index (κ3) is 3.47. The smallest absolute Gasteiger partial charge is 0.251 e. The summed E-state index contributed by atoms with van der Waals surface area (Å²) in [4.78, 5) is 12.1. The van der Waals surface area contributed by atoms with Crippen molar-refractivity contribution in [1.29, 1.82) is 0 Å². The van der Waals surface area contributed by atoms with Crippen LogP contribution in [-0.2, 0) is 0 Å². The number of hydrogen-bond donors (Lipinski definition) is 3. The topological polar surface area (TPSA) is 87.7 Å². The van der Waals surface area contributed by atoms with Gasteiger partial charge >= 0.3 is 0 Å². The molecule has 0 aromatic heterocycles. The van der Waals surface area contributed by atoms with Crippen molar-refractivity contribution in [3.63, 3.8) is 0 Å². The molecule has 0 saturated carbocycles. The van der Waals surface area contributed by atoms with Crippen molar-refractivity contribution in [1.82, 2.24) is 5.32 Å². The standard InChI is InChI=1S/C15H16FN3O2/c16-13-8-7-12(10-4-1-2-5-11(10)13)15(20)18-9-3-6-14(17)19-21/h1-2,4-5,7-8,21H,3,6,9H2,(H2,17,19)(H,18,20). The minimum absolute atomic E-state index is 0.122. The van der Waals surface area contributed by atoms with Crippen LogP contribution in [0.2, 0.25) is 0 Å². The molecule has 1 amide bonds. The Hall–Kier alpha value is -2.63. The van der Waals surface area contributed by atoms with Crippen LogP contribution in [0.5, 0.6) is 0 Å². The second-order valence-corrected chi connectivity index (χ2v) is 4.59. The first-order chi connectivity index (χ1) is 10.1. The molecule has 2 aromatic carbocycles. The molecule has 0 aliphatic rings. The van der Waals surface area contributed by atoms with E-state index in [1.807, 2.05) is 0 Å². The van der Waals surface area contributed by atoms with Gasteiger partial charge in [0.15, 0.2) is 0 Å². The maximum absolute atomic E-state index is 13.7. The highest BCUT2D eigenvalue weighted by atomic mass is 19.1. The van der Waals surface area contributed by atoms with Gasteiger partial charge in [-0.25, -0.2) is 4.39 Å². The predicted molar refractivity (Wildman–Crippen MR) is 78.9 cm³/mol. The van der Waals surface area contributed by atoms with Gasteiger partial charge in [0.1, 0.15) is 11.7 Å². The van der Waals surface area contributed by atoms with E-state index >= 15 is 0 Å². The molecule has 4 N–H and O–H groups in total. The van der Waals surface area contributed by atoms with E-state index in [1.54, 1.807) is 24.3 Å². The molecule has 6 heteroatoms. The van der Waals surface area contributed by atoms with Gasteiger partial charge in [-0.1, -0.05) is 29.4 Å². The van der Waals surface area contributed by atoms with Gasteiger partial charge in [0.25, 0.3) is 5.91 Å². The molecule has 21 heavy (non-hydrogen) atoms. The molecule has 2 rings (SSSR count). The molecular weight excluding hydrogens is 273 g/mol. The van der Waals surface area contributed by atoms with Crippen LogP contribution in [0.3, 0.4) is 0 Å². The zero-order valence-electron chi connectivity index (χ0n) is 11.3. The minimum atomic E-state index is -0.353. The van der Waals surface area contributed by atoms with Gasteiger partial charge in [-0.05, 0) is 23.9 Å². The van der Waals surface area contributed by atoms with E-state index in [0.717, 1.165) is 0 Å². The van der Waals surface area contributed by atoms with Crippen molar-refractivity contribution in [2.45, 2.75) is 12.8 Å². The lowest BCUT2D eigenvalue weighted by molar-refractivity contribution is 0.0955. The van der Waals surface area contributed by atoms with Crippen LogP contribution in [0.15, 0.2) is 41.6 Å². The van der Waals surface area contributed by atoms with Gasteiger partial charge in [0.2, 0.25) is 0 Å². The number of amides is 1. The molecule has 0 fully saturated rings. The normalized spacial score (nSPS) is 11.6. The first kappa shape index (κ1) is 14.8. The third-order valence-electron chi connectivity index (χ3n) is 3.14. The molecular formula is C15H16FN3O2. The fourth-order valence-electron chi connectivity index (χ4n) is 2.08. The molecule has 0 aliphatic heterocycles. The van der Waals surface area contributed by atoms with Crippen LogP contribution in [0.1, 0.15) is 23.2 Å². The second-order valence-electron chi connectivity index (χ2n) is 4.59. The number of nitrogens with two attached hydrogens (primary N) is 1. The zero-order chi connectivity index (χ0) is 15.2. The van der Waals surface area contributed by atoms with Crippen molar-refractivity contribution in [2.24, 2.45) is 10.9 Å². The molecule has 0 heterocycles. The van der Waals surface area contributed by atoms with Crippen LogP contribution in [0.25, 0.3) is 10.8 Å². The van der Waals surface area contributed by atoms with Gasteiger partial charge in [-0.2, -0.15) is 0 Å². The number of fused-ring (bicyclic) bond motifs is 1. The quantitative estimate of drug-likeness (QED) is 0.259. The monoisotopic (exact) mass is 289 g/mol. The lowest BCUT2D eigenvalue weighted by Gasteiger charge is -2.08. The third-order valence-corrected chi connectivity index (χ3v) is 3.14. The maximum Gasteiger partial charge on any atom is 0.251 e. The second kappa shape index (κ2) is 6.69. The average Bonchev–Trinajstić information content (AvgIpc) is 2.51. The number of nitrogens with one attached hydrogen (secondary N) is 1. The summed E-state index contributed by atoms with van der Waals surface area (Å²) in [5.41, 5.74) is 5.76. The fourth-order valence-corrected chi connectivity index (χ4v) is 2.08. The molecule has 110 valence electrons. The highest BCUT2D eigenvalue weighted by Gasteiger charge is 2.11. The molecule has 0 unspecified atom stereocenters. The molecule has 0 spiro atoms. The molecule has 0 bridgehead atoms. The van der Waals surface area contributed by atoms with E-state index in [1.165, 1.54) is 12.1 Å². The van der Waals surface area contributed by atoms with E-state index in [0.29, 0.717) is 35.7 Å². The van der Waals surface area contributed by atoms with Crippen LogP contribution < -0.4 is 11.1 Å². The number of hydrogen-bond acceptors (Lipinski definition) is 3. The lowest BCUT2D eigenvalue weighted by Crippen LogP contribution is -2.25. The number of carbonyl (C=O) groups excluding carboxylic acids is 1. The Kier molecular flexibility index (Phi) is 4.71. The van der Waals surface area contributed by atoms with Crippen molar-refractivity contribution >= 4 is 22.5 Å². The van der Waals surface area contributed by atoms with Crippen LogP contribution >= 0.6 is 0 Å². The Labute approximate surface area is 121 Å². The molecule has 5 nitrogen and oxygen atoms in total. The van der Waals surface area contributed by atoms with Crippen molar-refractivity contribution in [2.75, 3.05) is 6.54 Å². The zero-order valence-corrected chi connectivity index (χ0v) is 11.3. The van der Waals surface area contributed by atoms with Crippen molar-refractivity contribution < 1.29 is 14.4 Å². The van der Waals surface area contributed by atoms with Crippen molar-refractivity contribution in [3.8, 4) is 0 Å². The minimum Gasteiger partial charge on any atom is -0.409 e. The first-order valence-corrected chi connectivity index (χ1v) is 6.55. The first-order valence-electron chi connectivity index (χ1n) is 6.55. The predicted octanol–water partition coefficient (Wildman–Crippen LogP) is 2.24. The number of halogens is 1. The van der Waals surface area contributed by atoms with Gasteiger partial charge in [-0.15, -0.1) is 0 Å². The summed E-state index contributed by atoms with van der Waals surface area (Å²) in [7, 11) is 0. The van der Waals surface area contributed by atoms with E-state index in [2.05, 4.69) is 10.5 Å². The van der Waals surface area contributed by atoms with Crippen LogP contribution in [-0.4, -0.2) is 23.5 Å². The van der Waals surface area contributed by atoms with Gasteiger partial charge < -0.3 is 16.3 Å². The SMILES string of the molecule is N/C(CCCNC(=O)c1ccc(F)c2ccccc12)=N/O. The summed E-state index contributed by atoms with van der Waals surface area (Å²) in [5.74, 6) is -0.503. The van der Waals surface area contributed by atoms with E-state index in [9.17, 15) is 9.18 Å². The number of benzene rings is 2. The molecule has 0 saturated heterocycles. The number of oxime groups is 1. The van der Waals surface area contributed by atoms with Crippen LogP contribution in [0, 0.1) is 5.82 Å². The van der Waals surface area contributed by atoms with E-state index < -0.39 is 0 Å². The fraction of sp³-hybridized carbons (Fsp3) is 0.200. The van der Waals surface area contributed by atoms with E-state index in [-0.39, 0.29) is 17.6 Å². The van der Waals surface area contributed by atoms with Crippen molar-refractivity contribution in [3.05, 3.63) is 47.8 Å². The maximum atomic E-state index is 13.7. The lowest BCUT2D eigenvalue weighted by atomic mass is 10.0. The summed E-state index contributed by atoms with van der Waals surface area (Å²) < 4.78 is 13.7. The van der Waals surface area contributed by atoms with Gasteiger partial charge in [-0.3, -0.25) is 4.79 Å².